The maximum Gasteiger partial charge on any atom is 0.422 e. The molecule has 4 rings (SSSR count). The van der Waals surface area contributed by atoms with Gasteiger partial charge in [0.25, 0.3) is 0 Å². The molecule has 0 spiro atoms. The van der Waals surface area contributed by atoms with E-state index in [9.17, 15) is 17.6 Å². The van der Waals surface area contributed by atoms with Gasteiger partial charge in [-0.2, -0.15) is 13.2 Å². The Morgan fingerprint density at radius 2 is 1.57 bits per heavy atom. The molecule has 0 radical (unpaired) electrons. The number of ether oxygens (including phenoxy) is 3. The second-order valence-corrected chi connectivity index (χ2v) is 10.6. The lowest BCUT2D eigenvalue weighted by molar-refractivity contribution is -0.203. The van der Waals surface area contributed by atoms with Crippen molar-refractivity contribution in [2.24, 2.45) is 5.92 Å². The molecule has 218 valence electrons. The first-order valence-electron chi connectivity index (χ1n) is 14.1. The molecule has 0 saturated carbocycles. The molecule has 1 fully saturated rings. The van der Waals surface area contributed by atoms with Crippen molar-refractivity contribution in [1.29, 1.82) is 0 Å². The average molecular weight is 565 g/mol. The Hall–Kier alpha value is -2.71. The van der Waals surface area contributed by atoms with Crippen LogP contribution in [0.3, 0.4) is 0 Å². The topological polar surface area (TPSA) is 27.7 Å². The zero-order valence-electron chi connectivity index (χ0n) is 22.9. The van der Waals surface area contributed by atoms with E-state index in [0.717, 1.165) is 49.5 Å². The van der Waals surface area contributed by atoms with Crippen molar-refractivity contribution in [3.05, 3.63) is 76.9 Å². The number of halogens is 5. The van der Waals surface area contributed by atoms with E-state index < -0.39 is 24.3 Å². The lowest BCUT2D eigenvalue weighted by Gasteiger charge is -2.29. The highest BCUT2D eigenvalue weighted by Crippen LogP contribution is 2.27. The lowest BCUT2D eigenvalue weighted by atomic mass is 9.98. The van der Waals surface area contributed by atoms with Gasteiger partial charge >= 0.3 is 6.18 Å². The molecule has 0 bridgehead atoms. The fourth-order valence-corrected chi connectivity index (χ4v) is 5.05. The summed E-state index contributed by atoms with van der Waals surface area (Å²) in [4.78, 5) is 0. The molecule has 0 atom stereocenters. The molecule has 0 unspecified atom stereocenters. The molecular weight excluding hydrogens is 527 g/mol. The Morgan fingerprint density at radius 3 is 2.30 bits per heavy atom. The van der Waals surface area contributed by atoms with Crippen LogP contribution in [0.25, 0.3) is 10.8 Å². The van der Waals surface area contributed by atoms with Gasteiger partial charge in [-0.3, -0.25) is 0 Å². The quantitative estimate of drug-likeness (QED) is 0.153. The van der Waals surface area contributed by atoms with Gasteiger partial charge in [-0.25, -0.2) is 8.78 Å². The van der Waals surface area contributed by atoms with E-state index >= 15 is 4.39 Å². The van der Waals surface area contributed by atoms with E-state index in [1.165, 1.54) is 37.8 Å². The third-order valence-electron chi connectivity index (χ3n) is 7.34. The van der Waals surface area contributed by atoms with Crippen molar-refractivity contribution < 1.29 is 36.2 Å². The molecule has 1 aliphatic rings. The number of benzene rings is 3. The molecule has 0 aliphatic carbocycles. The normalized spacial score (nSPS) is 17.9. The predicted octanol–water partition coefficient (Wildman–Crippen LogP) is 8.74. The molecule has 8 heteroatoms. The number of unbranched alkanes of at least 4 members (excludes halogenated alkanes) is 3. The van der Waals surface area contributed by atoms with Crippen LogP contribution in [0, 0.1) is 17.6 Å². The van der Waals surface area contributed by atoms with Crippen LogP contribution in [-0.4, -0.2) is 32.3 Å². The molecule has 3 aromatic carbocycles. The summed E-state index contributed by atoms with van der Waals surface area (Å²) in [6.45, 7) is 2.13. The smallest absolute Gasteiger partial charge is 0.422 e. The van der Waals surface area contributed by atoms with Crippen molar-refractivity contribution in [2.45, 2.75) is 77.2 Å². The predicted molar refractivity (Wildman–Crippen MR) is 146 cm³/mol. The fourth-order valence-electron chi connectivity index (χ4n) is 5.05. The van der Waals surface area contributed by atoms with Gasteiger partial charge in [0.2, 0.25) is 0 Å². The minimum absolute atomic E-state index is 0.211. The number of rotatable bonds is 13. The van der Waals surface area contributed by atoms with E-state index in [1.807, 2.05) is 18.2 Å². The summed E-state index contributed by atoms with van der Waals surface area (Å²) >= 11 is 0. The third-order valence-corrected chi connectivity index (χ3v) is 7.34. The third kappa shape index (κ3) is 8.90. The molecule has 0 N–H and O–H groups in total. The first-order chi connectivity index (χ1) is 19.2. The monoisotopic (exact) mass is 564 g/mol. The van der Waals surface area contributed by atoms with Gasteiger partial charge < -0.3 is 14.2 Å². The highest BCUT2D eigenvalue weighted by atomic mass is 19.4. The van der Waals surface area contributed by atoms with Crippen LogP contribution in [-0.2, 0) is 28.7 Å². The number of alkyl halides is 3. The number of aryl methyl sites for hydroxylation is 3. The average Bonchev–Trinajstić information content (AvgIpc) is 2.93. The molecule has 40 heavy (non-hydrogen) atoms. The highest BCUT2D eigenvalue weighted by molar-refractivity contribution is 5.84. The summed E-state index contributed by atoms with van der Waals surface area (Å²) in [7, 11) is 0. The van der Waals surface area contributed by atoms with Gasteiger partial charge in [0, 0.05) is 17.7 Å². The van der Waals surface area contributed by atoms with Crippen LogP contribution in [0.5, 0.6) is 5.75 Å². The SMILES string of the molecule is CCCCCCC1COC(CCc2ccc3c(F)c(CCc4ccc(OCC(F)(F)F)c(F)c4)ccc3c2)OC1. The largest absolute Gasteiger partial charge is 0.481 e. The highest BCUT2D eigenvalue weighted by Gasteiger charge is 2.29. The Kier molecular flexibility index (Phi) is 10.8. The van der Waals surface area contributed by atoms with Crippen LogP contribution in [0.4, 0.5) is 22.0 Å². The second-order valence-electron chi connectivity index (χ2n) is 10.6. The number of fused-ring (bicyclic) bond motifs is 1. The van der Waals surface area contributed by atoms with E-state index in [-0.39, 0.29) is 12.1 Å². The molecule has 1 saturated heterocycles. The molecule has 0 amide bonds. The first kappa shape index (κ1) is 30.3. The maximum atomic E-state index is 15.3. The van der Waals surface area contributed by atoms with Gasteiger partial charge in [-0.05, 0) is 59.9 Å². The van der Waals surface area contributed by atoms with Crippen LogP contribution in [0.15, 0.2) is 48.5 Å². The Labute approximate surface area is 232 Å². The van der Waals surface area contributed by atoms with E-state index in [2.05, 4.69) is 11.7 Å². The zero-order valence-corrected chi connectivity index (χ0v) is 22.9. The van der Waals surface area contributed by atoms with Crippen molar-refractivity contribution in [1.82, 2.24) is 0 Å². The number of hydrogen-bond donors (Lipinski definition) is 0. The van der Waals surface area contributed by atoms with Crippen molar-refractivity contribution in [3.63, 3.8) is 0 Å². The van der Waals surface area contributed by atoms with Gasteiger partial charge in [0.1, 0.15) is 5.82 Å². The van der Waals surface area contributed by atoms with Crippen LogP contribution in [0.2, 0.25) is 0 Å². The van der Waals surface area contributed by atoms with Gasteiger partial charge in [0.05, 0.1) is 13.2 Å². The van der Waals surface area contributed by atoms with Crippen molar-refractivity contribution >= 4 is 10.8 Å². The van der Waals surface area contributed by atoms with Gasteiger partial charge in [-0.1, -0.05) is 69.0 Å². The summed E-state index contributed by atoms with van der Waals surface area (Å²) < 4.78 is 82.7. The molecule has 1 heterocycles. The molecular formula is C32H37F5O3. The minimum Gasteiger partial charge on any atom is -0.481 e. The Morgan fingerprint density at radius 1 is 0.825 bits per heavy atom. The molecule has 3 nitrogen and oxygen atoms in total. The summed E-state index contributed by atoms with van der Waals surface area (Å²) in [5, 5.41) is 1.31. The van der Waals surface area contributed by atoms with E-state index in [0.29, 0.717) is 35.3 Å². The molecule has 1 aliphatic heterocycles. The van der Waals surface area contributed by atoms with Crippen LogP contribution < -0.4 is 4.74 Å². The molecule has 0 aromatic heterocycles. The Bertz CT molecular complexity index is 1240. The summed E-state index contributed by atoms with van der Waals surface area (Å²) in [6.07, 6.45) is 3.54. The van der Waals surface area contributed by atoms with Gasteiger partial charge in [0.15, 0.2) is 24.5 Å². The van der Waals surface area contributed by atoms with Gasteiger partial charge in [-0.15, -0.1) is 0 Å². The maximum absolute atomic E-state index is 15.3. The van der Waals surface area contributed by atoms with Crippen LogP contribution in [0.1, 0.15) is 62.1 Å². The van der Waals surface area contributed by atoms with E-state index in [1.54, 1.807) is 12.1 Å². The summed E-state index contributed by atoms with van der Waals surface area (Å²) in [5.74, 6) is -1.18. The summed E-state index contributed by atoms with van der Waals surface area (Å²) in [6, 6.07) is 13.1. The lowest BCUT2D eigenvalue weighted by Crippen LogP contribution is -2.32. The number of hydrogen-bond acceptors (Lipinski definition) is 3. The fraction of sp³-hybridized carbons (Fsp3) is 0.500. The van der Waals surface area contributed by atoms with Crippen LogP contribution >= 0.6 is 0 Å². The second kappa shape index (κ2) is 14.3. The Balaban J connectivity index is 1.27. The first-order valence-corrected chi connectivity index (χ1v) is 14.1. The molecule has 3 aromatic rings. The van der Waals surface area contributed by atoms with E-state index in [4.69, 9.17) is 9.47 Å². The zero-order chi connectivity index (χ0) is 28.5. The minimum atomic E-state index is -4.55. The summed E-state index contributed by atoms with van der Waals surface area (Å²) in [5.41, 5.74) is 2.12. The van der Waals surface area contributed by atoms with Crippen molar-refractivity contribution in [3.8, 4) is 5.75 Å². The standard InChI is InChI=1S/C32H37F5O3/c1-2-3-4-5-6-24-19-38-30(39-20-24)16-10-22-8-14-27-26(17-22)13-12-25(31(27)34)11-7-23-9-15-29(28(33)18-23)40-21-32(35,36)37/h8-9,12-15,17-18,24,30H,2-7,10-11,16,19-21H2,1H3. The van der Waals surface area contributed by atoms with Crippen molar-refractivity contribution in [2.75, 3.05) is 19.8 Å².